The summed E-state index contributed by atoms with van der Waals surface area (Å²) in [6.07, 6.45) is 2.95. The fourth-order valence-corrected chi connectivity index (χ4v) is 4.13. The normalized spacial score (nSPS) is 18.1. The molecule has 1 fully saturated rings. The monoisotopic (exact) mass is 295 g/mol. The van der Waals surface area contributed by atoms with Gasteiger partial charge in [0, 0.05) is 0 Å². The van der Waals surface area contributed by atoms with Crippen LogP contribution in [0.4, 0.5) is 0 Å². The van der Waals surface area contributed by atoms with E-state index in [2.05, 4.69) is 4.72 Å². The third-order valence-electron chi connectivity index (χ3n) is 4.09. The summed E-state index contributed by atoms with van der Waals surface area (Å²) in [5.74, 6) is -0.0950. The van der Waals surface area contributed by atoms with Crippen molar-refractivity contribution >= 4 is 15.9 Å². The fraction of sp³-hybridized carbons (Fsp3) is 0.500. The Hall–Kier alpha value is -1.40. The molecule has 1 aliphatic rings. The van der Waals surface area contributed by atoms with E-state index < -0.39 is 15.6 Å². The summed E-state index contributed by atoms with van der Waals surface area (Å²) >= 11 is 0. The number of aryl methyl sites for hydroxylation is 2. The van der Waals surface area contributed by atoms with Gasteiger partial charge in [0.2, 0.25) is 10.0 Å². The van der Waals surface area contributed by atoms with Crippen molar-refractivity contribution < 1.29 is 8.42 Å². The molecule has 0 unspecified atom stereocenters. The van der Waals surface area contributed by atoms with Crippen LogP contribution < -0.4 is 10.5 Å². The maximum atomic E-state index is 12.5. The van der Waals surface area contributed by atoms with E-state index in [9.17, 15) is 8.42 Å². The molecule has 20 heavy (non-hydrogen) atoms. The highest BCUT2D eigenvalue weighted by Crippen LogP contribution is 2.31. The van der Waals surface area contributed by atoms with Crippen LogP contribution in [0.2, 0.25) is 0 Å². The SMILES string of the molecule is Cc1ccc(S(=O)(=O)NC2(C(=N)N)CCCC2)cc1C. The van der Waals surface area contributed by atoms with Gasteiger partial charge in [-0.05, 0) is 49.9 Å². The van der Waals surface area contributed by atoms with Gasteiger partial charge in [0.15, 0.2) is 0 Å². The molecule has 2 rings (SSSR count). The fourth-order valence-electron chi connectivity index (χ4n) is 2.60. The molecule has 0 radical (unpaired) electrons. The molecular formula is C14H21N3O2S. The van der Waals surface area contributed by atoms with Crippen molar-refractivity contribution in [2.24, 2.45) is 5.73 Å². The summed E-state index contributed by atoms with van der Waals surface area (Å²) < 4.78 is 27.6. The Morgan fingerprint density at radius 2 is 1.85 bits per heavy atom. The summed E-state index contributed by atoms with van der Waals surface area (Å²) in [6, 6.07) is 5.03. The summed E-state index contributed by atoms with van der Waals surface area (Å²) in [5.41, 5.74) is 6.70. The molecule has 0 spiro atoms. The third-order valence-corrected chi connectivity index (χ3v) is 5.63. The molecule has 6 heteroatoms. The lowest BCUT2D eigenvalue weighted by atomic mass is 9.98. The smallest absolute Gasteiger partial charge is 0.241 e. The quantitative estimate of drug-likeness (QED) is 0.584. The van der Waals surface area contributed by atoms with Gasteiger partial charge in [0.25, 0.3) is 0 Å². The molecule has 1 aromatic rings. The minimum absolute atomic E-state index is 0.0950. The van der Waals surface area contributed by atoms with Gasteiger partial charge in [-0.3, -0.25) is 5.41 Å². The highest BCUT2D eigenvalue weighted by molar-refractivity contribution is 7.89. The van der Waals surface area contributed by atoms with Crippen LogP contribution in [0.25, 0.3) is 0 Å². The maximum Gasteiger partial charge on any atom is 0.241 e. The first-order valence-corrected chi connectivity index (χ1v) is 8.21. The molecule has 1 aliphatic carbocycles. The molecule has 0 bridgehead atoms. The Kier molecular flexibility index (Phi) is 3.88. The van der Waals surface area contributed by atoms with Crippen LogP contribution in [-0.4, -0.2) is 19.8 Å². The van der Waals surface area contributed by atoms with Gasteiger partial charge < -0.3 is 5.73 Å². The minimum atomic E-state index is -3.66. The molecule has 0 saturated heterocycles. The average Bonchev–Trinajstić information content (AvgIpc) is 2.81. The van der Waals surface area contributed by atoms with E-state index in [1.165, 1.54) is 0 Å². The van der Waals surface area contributed by atoms with Crippen LogP contribution in [-0.2, 0) is 10.0 Å². The Morgan fingerprint density at radius 1 is 1.25 bits per heavy atom. The van der Waals surface area contributed by atoms with E-state index in [-0.39, 0.29) is 10.7 Å². The van der Waals surface area contributed by atoms with Crippen molar-refractivity contribution in [1.29, 1.82) is 5.41 Å². The van der Waals surface area contributed by atoms with Crippen molar-refractivity contribution in [3.05, 3.63) is 29.3 Å². The lowest BCUT2D eigenvalue weighted by Gasteiger charge is -2.28. The molecule has 1 saturated carbocycles. The van der Waals surface area contributed by atoms with E-state index in [4.69, 9.17) is 11.1 Å². The second-order valence-electron chi connectivity index (χ2n) is 5.55. The van der Waals surface area contributed by atoms with Gasteiger partial charge in [-0.25, -0.2) is 8.42 Å². The average molecular weight is 295 g/mol. The Bertz CT molecular complexity index is 632. The zero-order valence-corrected chi connectivity index (χ0v) is 12.7. The first kappa shape index (κ1) is 15.0. The molecular weight excluding hydrogens is 274 g/mol. The van der Waals surface area contributed by atoms with Gasteiger partial charge in [-0.15, -0.1) is 0 Å². The minimum Gasteiger partial charge on any atom is -0.386 e. The van der Waals surface area contributed by atoms with Crippen LogP contribution in [0.3, 0.4) is 0 Å². The standard InChI is InChI=1S/C14H21N3O2S/c1-10-5-6-12(9-11(10)2)20(18,19)17-14(13(15)16)7-3-4-8-14/h5-6,9,17H,3-4,7-8H2,1-2H3,(H3,15,16). The number of benzene rings is 1. The summed E-state index contributed by atoms with van der Waals surface area (Å²) in [4.78, 5) is 0.230. The van der Waals surface area contributed by atoms with Crippen LogP contribution in [0.15, 0.2) is 23.1 Å². The van der Waals surface area contributed by atoms with E-state index in [0.717, 1.165) is 24.0 Å². The van der Waals surface area contributed by atoms with Crippen LogP contribution in [0.5, 0.6) is 0 Å². The highest BCUT2D eigenvalue weighted by atomic mass is 32.2. The Morgan fingerprint density at radius 3 is 2.35 bits per heavy atom. The molecule has 0 amide bonds. The maximum absolute atomic E-state index is 12.5. The molecule has 4 N–H and O–H groups in total. The lowest BCUT2D eigenvalue weighted by Crippen LogP contribution is -2.55. The largest absolute Gasteiger partial charge is 0.386 e. The number of hydrogen-bond acceptors (Lipinski definition) is 3. The molecule has 110 valence electrons. The molecule has 0 atom stereocenters. The number of amidine groups is 1. The van der Waals surface area contributed by atoms with Gasteiger partial charge in [-0.1, -0.05) is 18.9 Å². The van der Waals surface area contributed by atoms with Gasteiger partial charge >= 0.3 is 0 Å². The van der Waals surface area contributed by atoms with Gasteiger partial charge in [0.05, 0.1) is 10.4 Å². The van der Waals surface area contributed by atoms with Crippen molar-refractivity contribution in [2.45, 2.75) is 50.0 Å². The second-order valence-corrected chi connectivity index (χ2v) is 7.24. The van der Waals surface area contributed by atoms with Crippen molar-refractivity contribution in [3.63, 3.8) is 0 Å². The summed E-state index contributed by atoms with van der Waals surface area (Å²) in [7, 11) is -3.66. The number of hydrogen-bond donors (Lipinski definition) is 3. The van der Waals surface area contributed by atoms with E-state index in [0.29, 0.717) is 12.8 Å². The third kappa shape index (κ3) is 2.71. The number of rotatable bonds is 4. The molecule has 1 aromatic carbocycles. The molecule has 5 nitrogen and oxygen atoms in total. The van der Waals surface area contributed by atoms with E-state index >= 15 is 0 Å². The lowest BCUT2D eigenvalue weighted by molar-refractivity contribution is 0.496. The summed E-state index contributed by atoms with van der Waals surface area (Å²) in [5, 5.41) is 7.71. The summed E-state index contributed by atoms with van der Waals surface area (Å²) in [6.45, 7) is 3.82. The van der Waals surface area contributed by atoms with Gasteiger partial charge in [0.1, 0.15) is 5.84 Å². The molecule has 0 aliphatic heterocycles. The van der Waals surface area contributed by atoms with Crippen LogP contribution in [0, 0.1) is 19.3 Å². The zero-order chi connectivity index (χ0) is 15.0. The predicted octanol–water partition coefficient (Wildman–Crippen LogP) is 1.83. The molecule has 0 aromatic heterocycles. The molecule has 0 heterocycles. The zero-order valence-electron chi connectivity index (χ0n) is 11.9. The predicted molar refractivity (Wildman–Crippen MR) is 79.4 cm³/mol. The first-order valence-electron chi connectivity index (χ1n) is 6.73. The second kappa shape index (κ2) is 5.18. The van der Waals surface area contributed by atoms with E-state index in [1.807, 2.05) is 13.8 Å². The van der Waals surface area contributed by atoms with E-state index in [1.54, 1.807) is 18.2 Å². The highest BCUT2D eigenvalue weighted by Gasteiger charge is 2.40. The number of nitrogens with one attached hydrogen (secondary N) is 2. The first-order chi connectivity index (χ1) is 9.27. The van der Waals surface area contributed by atoms with Crippen molar-refractivity contribution in [3.8, 4) is 0 Å². The van der Waals surface area contributed by atoms with Crippen molar-refractivity contribution in [2.75, 3.05) is 0 Å². The number of sulfonamides is 1. The Labute approximate surface area is 120 Å². The van der Waals surface area contributed by atoms with Gasteiger partial charge in [-0.2, -0.15) is 4.72 Å². The van der Waals surface area contributed by atoms with Crippen molar-refractivity contribution in [1.82, 2.24) is 4.72 Å². The number of nitrogens with two attached hydrogens (primary N) is 1. The topological polar surface area (TPSA) is 96.0 Å². The van der Waals surface area contributed by atoms with Crippen LogP contribution >= 0.6 is 0 Å². The Balaban J connectivity index is 2.35. The van der Waals surface area contributed by atoms with Crippen LogP contribution in [0.1, 0.15) is 36.8 Å².